The number of pyridine rings is 1. The summed E-state index contributed by atoms with van der Waals surface area (Å²) in [6.45, 7) is 0. The SMILES string of the molecule is COc1ccc(Nc2ccc3c4c2C(=O)c2ccccc2-c4c(C(=O)c2ccccc2)c(=O)n3C)c(S(=O)(=O)O)c1.N. The number of fused-ring (bicyclic) bond motifs is 2. The molecule has 0 radical (unpaired) electrons. The van der Waals surface area contributed by atoms with E-state index >= 15 is 0 Å². The van der Waals surface area contributed by atoms with Gasteiger partial charge in [0.05, 0.1) is 35.1 Å². The third-order valence-corrected chi connectivity index (χ3v) is 8.12. The first-order valence-corrected chi connectivity index (χ1v) is 13.9. The Morgan fingerprint density at radius 1 is 0.857 bits per heavy atom. The van der Waals surface area contributed by atoms with Crippen LogP contribution in [-0.2, 0) is 17.2 Å². The van der Waals surface area contributed by atoms with Gasteiger partial charge in [-0.1, -0.05) is 54.6 Å². The lowest BCUT2D eigenvalue weighted by atomic mass is 9.80. The van der Waals surface area contributed by atoms with Crippen LogP contribution in [0.15, 0.2) is 94.6 Å². The highest BCUT2D eigenvalue weighted by atomic mass is 32.2. The topological polar surface area (TPSA) is 167 Å². The number of rotatable bonds is 6. The van der Waals surface area contributed by atoms with E-state index in [4.69, 9.17) is 4.74 Å². The van der Waals surface area contributed by atoms with E-state index in [1.54, 1.807) is 66.7 Å². The maximum atomic E-state index is 14.0. The van der Waals surface area contributed by atoms with Crippen molar-refractivity contribution in [2.24, 2.45) is 7.05 Å². The summed E-state index contributed by atoms with van der Waals surface area (Å²) in [6.07, 6.45) is 0. The molecule has 0 amide bonds. The maximum absolute atomic E-state index is 14.0. The summed E-state index contributed by atoms with van der Waals surface area (Å²) >= 11 is 0. The molecule has 1 heterocycles. The van der Waals surface area contributed by atoms with Crippen LogP contribution in [0.1, 0.15) is 31.8 Å². The van der Waals surface area contributed by atoms with E-state index in [2.05, 4.69) is 5.32 Å². The summed E-state index contributed by atoms with van der Waals surface area (Å²) in [6, 6.07) is 22.4. The quantitative estimate of drug-likeness (QED) is 0.178. The van der Waals surface area contributed by atoms with Gasteiger partial charge in [-0.3, -0.25) is 18.9 Å². The Hall–Kier alpha value is -5.10. The van der Waals surface area contributed by atoms with E-state index < -0.39 is 26.4 Å². The molecule has 0 bridgehead atoms. The number of ether oxygens (including phenoxy) is 1. The molecular formula is C31H25N3O7S. The number of aromatic nitrogens is 1. The number of nitrogens with zero attached hydrogens (tertiary/aromatic N) is 1. The van der Waals surface area contributed by atoms with Gasteiger partial charge in [0.25, 0.3) is 15.7 Å². The number of benzene rings is 4. The largest absolute Gasteiger partial charge is 0.497 e. The van der Waals surface area contributed by atoms with Crippen molar-refractivity contribution in [3.8, 4) is 16.9 Å². The third kappa shape index (κ3) is 4.36. The molecule has 0 unspecified atom stereocenters. The van der Waals surface area contributed by atoms with Crippen LogP contribution in [-0.4, -0.2) is 36.2 Å². The van der Waals surface area contributed by atoms with E-state index in [0.717, 1.165) is 6.07 Å². The number of ketones is 2. The van der Waals surface area contributed by atoms with Gasteiger partial charge in [0, 0.05) is 35.2 Å². The number of carbonyl (C=O) groups is 2. The average Bonchev–Trinajstić information content (AvgIpc) is 2.98. The number of methoxy groups -OCH3 is 1. The summed E-state index contributed by atoms with van der Waals surface area (Å²) in [5, 5.41) is 3.37. The molecule has 5 aromatic rings. The molecule has 42 heavy (non-hydrogen) atoms. The summed E-state index contributed by atoms with van der Waals surface area (Å²) in [5.74, 6) is -0.658. The number of nitrogens with one attached hydrogen (secondary N) is 1. The van der Waals surface area contributed by atoms with Crippen LogP contribution >= 0.6 is 0 Å². The fourth-order valence-corrected chi connectivity index (χ4v) is 5.97. The molecule has 0 saturated carbocycles. The van der Waals surface area contributed by atoms with E-state index in [1.807, 2.05) is 0 Å². The Labute approximate surface area is 240 Å². The van der Waals surface area contributed by atoms with Crippen LogP contribution in [0.2, 0.25) is 0 Å². The van der Waals surface area contributed by atoms with Crippen molar-refractivity contribution in [2.75, 3.05) is 12.4 Å². The predicted octanol–water partition coefficient (Wildman–Crippen LogP) is 5.14. The first kappa shape index (κ1) is 28.4. The molecule has 212 valence electrons. The van der Waals surface area contributed by atoms with E-state index in [1.165, 1.54) is 30.9 Å². The van der Waals surface area contributed by atoms with Crippen molar-refractivity contribution in [3.63, 3.8) is 0 Å². The number of hydrogen-bond donors (Lipinski definition) is 3. The first-order valence-electron chi connectivity index (χ1n) is 12.5. The van der Waals surface area contributed by atoms with E-state index in [-0.39, 0.29) is 45.7 Å². The molecule has 0 atom stereocenters. The van der Waals surface area contributed by atoms with Crippen molar-refractivity contribution in [1.29, 1.82) is 0 Å². The Balaban J connectivity index is 0.00000353. The number of aryl methyl sites for hydroxylation is 1. The molecule has 6 rings (SSSR count). The van der Waals surface area contributed by atoms with Gasteiger partial charge in [-0.15, -0.1) is 0 Å². The highest BCUT2D eigenvalue weighted by Crippen LogP contribution is 2.44. The van der Waals surface area contributed by atoms with Gasteiger partial charge in [0.1, 0.15) is 10.6 Å². The lowest BCUT2D eigenvalue weighted by molar-refractivity contribution is 0.102. The van der Waals surface area contributed by atoms with Crippen molar-refractivity contribution in [3.05, 3.63) is 118 Å². The minimum absolute atomic E-state index is 0. The molecule has 5 N–H and O–H groups in total. The third-order valence-electron chi connectivity index (χ3n) is 7.23. The van der Waals surface area contributed by atoms with Crippen molar-refractivity contribution in [2.45, 2.75) is 4.90 Å². The highest BCUT2D eigenvalue weighted by molar-refractivity contribution is 7.86. The molecule has 0 aliphatic heterocycles. The Kier molecular flexibility index (Phi) is 7.03. The molecule has 10 nitrogen and oxygen atoms in total. The minimum Gasteiger partial charge on any atom is -0.497 e. The molecule has 11 heteroatoms. The van der Waals surface area contributed by atoms with Crippen LogP contribution < -0.4 is 21.8 Å². The summed E-state index contributed by atoms with van der Waals surface area (Å²) in [5.41, 5.74) is 1.61. The fourth-order valence-electron chi connectivity index (χ4n) is 5.31. The fraction of sp³-hybridized carbons (Fsp3) is 0.0645. The first-order chi connectivity index (χ1) is 19.6. The Morgan fingerprint density at radius 2 is 1.50 bits per heavy atom. The molecule has 1 aromatic heterocycles. The zero-order valence-electron chi connectivity index (χ0n) is 22.5. The van der Waals surface area contributed by atoms with Gasteiger partial charge in [0.15, 0.2) is 11.6 Å². The molecule has 0 spiro atoms. The molecule has 4 aromatic carbocycles. The lowest BCUT2D eigenvalue weighted by Crippen LogP contribution is -2.29. The molecule has 1 aliphatic rings. The second-order valence-corrected chi connectivity index (χ2v) is 10.9. The highest BCUT2D eigenvalue weighted by Gasteiger charge is 2.34. The van der Waals surface area contributed by atoms with Crippen LogP contribution in [0.3, 0.4) is 0 Å². The lowest BCUT2D eigenvalue weighted by Gasteiger charge is -2.26. The normalized spacial score (nSPS) is 11.9. The Bertz CT molecular complexity index is 2100. The Morgan fingerprint density at radius 3 is 2.17 bits per heavy atom. The van der Waals surface area contributed by atoms with Gasteiger partial charge in [0.2, 0.25) is 0 Å². The summed E-state index contributed by atoms with van der Waals surface area (Å²) in [4.78, 5) is 41.2. The van der Waals surface area contributed by atoms with Crippen molar-refractivity contribution in [1.82, 2.24) is 10.7 Å². The molecule has 0 saturated heterocycles. The smallest absolute Gasteiger partial charge is 0.296 e. The molecule has 0 fully saturated rings. The number of anilines is 2. The van der Waals surface area contributed by atoms with Crippen molar-refractivity contribution < 1.29 is 27.3 Å². The van der Waals surface area contributed by atoms with Gasteiger partial charge in [-0.05, 0) is 29.8 Å². The van der Waals surface area contributed by atoms with E-state index in [0.29, 0.717) is 27.6 Å². The van der Waals surface area contributed by atoms with Crippen LogP contribution in [0.25, 0.3) is 22.0 Å². The van der Waals surface area contributed by atoms with Crippen LogP contribution in [0.5, 0.6) is 5.75 Å². The number of hydrogen-bond acceptors (Lipinski definition) is 8. The average molecular weight is 584 g/mol. The minimum atomic E-state index is -4.68. The molecule has 1 aliphatic carbocycles. The van der Waals surface area contributed by atoms with E-state index in [9.17, 15) is 27.4 Å². The van der Waals surface area contributed by atoms with Gasteiger partial charge in [-0.2, -0.15) is 8.42 Å². The van der Waals surface area contributed by atoms with Gasteiger partial charge in [-0.25, -0.2) is 0 Å². The van der Waals surface area contributed by atoms with Crippen LogP contribution in [0, 0.1) is 0 Å². The van der Waals surface area contributed by atoms with Crippen molar-refractivity contribution >= 4 is 44.0 Å². The second kappa shape index (κ2) is 10.4. The molecular weight excluding hydrogens is 558 g/mol. The maximum Gasteiger partial charge on any atom is 0.296 e. The monoisotopic (exact) mass is 583 g/mol. The predicted molar refractivity (Wildman–Crippen MR) is 159 cm³/mol. The van der Waals surface area contributed by atoms with Gasteiger partial charge >= 0.3 is 0 Å². The van der Waals surface area contributed by atoms with Gasteiger partial charge < -0.3 is 20.8 Å². The standard InChI is InChI=1S/C31H22N2O7S.H3N/c1-33-23-15-14-22(32-21-13-12-18(40-2)16-24(21)41(37,38)39)26-27(23)25(19-10-6-7-11-20(19)30(26)35)28(31(33)36)29(34)17-8-4-3-5-9-17;/h3-16,32H,1-2H3,(H,37,38,39);1H3. The number of carbonyl (C=O) groups excluding carboxylic acids is 2. The zero-order chi connectivity index (χ0) is 29.1. The second-order valence-electron chi connectivity index (χ2n) is 9.53. The zero-order valence-corrected chi connectivity index (χ0v) is 23.4. The summed E-state index contributed by atoms with van der Waals surface area (Å²) < 4.78 is 40.8. The van der Waals surface area contributed by atoms with Crippen LogP contribution in [0.4, 0.5) is 11.4 Å². The summed E-state index contributed by atoms with van der Waals surface area (Å²) in [7, 11) is -1.79.